The highest BCUT2D eigenvalue weighted by atomic mass is 19.4. The second kappa shape index (κ2) is 5.70. The second-order valence-electron chi connectivity index (χ2n) is 4.79. The molecule has 0 radical (unpaired) electrons. The van der Waals surface area contributed by atoms with Crippen molar-refractivity contribution in [1.82, 2.24) is 4.98 Å². The van der Waals surface area contributed by atoms with Gasteiger partial charge in [0.2, 0.25) is 5.91 Å². The molecule has 1 aromatic carbocycles. The number of benzene rings is 1. The van der Waals surface area contributed by atoms with Gasteiger partial charge in [0.1, 0.15) is 6.26 Å². The summed E-state index contributed by atoms with van der Waals surface area (Å²) in [6.45, 7) is 1.67. The standard InChI is InChI=1S/C14H14F3N3O2/c1-8(12(18)21)9-3-5-10(6-4-9)20(2)13-19-11(7-22-13)14(15,16)17/h3-8H,1-2H3,(H2,18,21)/t8-/m0/s1. The first-order valence-electron chi connectivity index (χ1n) is 6.36. The lowest BCUT2D eigenvalue weighted by Gasteiger charge is -2.16. The smallest absolute Gasteiger partial charge is 0.431 e. The molecule has 0 bridgehead atoms. The van der Waals surface area contributed by atoms with Crippen molar-refractivity contribution in [3.05, 3.63) is 41.8 Å². The fourth-order valence-electron chi connectivity index (χ4n) is 1.81. The number of aromatic nitrogens is 1. The third kappa shape index (κ3) is 3.21. The van der Waals surface area contributed by atoms with Crippen LogP contribution in [0.15, 0.2) is 34.9 Å². The van der Waals surface area contributed by atoms with Crippen molar-refractivity contribution in [2.45, 2.75) is 19.0 Å². The molecule has 0 aliphatic rings. The van der Waals surface area contributed by atoms with Crippen LogP contribution in [-0.4, -0.2) is 17.9 Å². The van der Waals surface area contributed by atoms with Crippen molar-refractivity contribution in [1.29, 1.82) is 0 Å². The number of carbonyl (C=O) groups is 1. The van der Waals surface area contributed by atoms with Crippen LogP contribution in [-0.2, 0) is 11.0 Å². The summed E-state index contributed by atoms with van der Waals surface area (Å²) < 4.78 is 42.3. The van der Waals surface area contributed by atoms with Crippen molar-refractivity contribution in [3.8, 4) is 0 Å². The number of alkyl halides is 3. The molecule has 118 valence electrons. The third-order valence-corrected chi connectivity index (χ3v) is 3.28. The van der Waals surface area contributed by atoms with Crippen LogP contribution in [0.5, 0.6) is 0 Å². The molecule has 1 heterocycles. The van der Waals surface area contributed by atoms with Gasteiger partial charge >= 0.3 is 12.2 Å². The largest absolute Gasteiger partial charge is 0.436 e. The highest BCUT2D eigenvalue weighted by molar-refractivity contribution is 5.81. The Kier molecular flexibility index (Phi) is 4.11. The van der Waals surface area contributed by atoms with E-state index in [0.717, 1.165) is 0 Å². The summed E-state index contributed by atoms with van der Waals surface area (Å²) in [7, 11) is 1.53. The van der Waals surface area contributed by atoms with Gasteiger partial charge in [0, 0.05) is 12.7 Å². The van der Waals surface area contributed by atoms with Gasteiger partial charge < -0.3 is 10.2 Å². The number of amides is 1. The number of hydrogen-bond donors (Lipinski definition) is 1. The first-order valence-corrected chi connectivity index (χ1v) is 6.36. The summed E-state index contributed by atoms with van der Waals surface area (Å²) in [5.74, 6) is -0.901. The van der Waals surface area contributed by atoms with Crippen LogP contribution in [0.25, 0.3) is 0 Å². The summed E-state index contributed by atoms with van der Waals surface area (Å²) in [6, 6.07) is 6.46. The predicted molar refractivity (Wildman–Crippen MR) is 73.6 cm³/mol. The van der Waals surface area contributed by atoms with Gasteiger partial charge in [-0.1, -0.05) is 12.1 Å². The molecule has 2 rings (SSSR count). The van der Waals surface area contributed by atoms with Crippen LogP contribution in [0, 0.1) is 0 Å². The van der Waals surface area contributed by atoms with Crippen molar-refractivity contribution in [2.75, 3.05) is 11.9 Å². The maximum absolute atomic E-state index is 12.5. The lowest BCUT2D eigenvalue weighted by molar-refractivity contribution is -0.141. The molecule has 0 fully saturated rings. The van der Waals surface area contributed by atoms with E-state index in [2.05, 4.69) is 4.98 Å². The quantitative estimate of drug-likeness (QED) is 0.941. The predicted octanol–water partition coefficient (Wildman–Crippen LogP) is 3.05. The second-order valence-corrected chi connectivity index (χ2v) is 4.79. The molecular weight excluding hydrogens is 299 g/mol. The number of halogens is 3. The van der Waals surface area contributed by atoms with Crippen LogP contribution in [0.1, 0.15) is 24.1 Å². The lowest BCUT2D eigenvalue weighted by Crippen LogP contribution is -2.18. The van der Waals surface area contributed by atoms with Crippen LogP contribution in [0.3, 0.4) is 0 Å². The van der Waals surface area contributed by atoms with Gasteiger partial charge in [-0.25, -0.2) is 0 Å². The Hall–Kier alpha value is -2.51. The zero-order chi connectivity index (χ0) is 16.5. The SMILES string of the molecule is C[C@H](C(N)=O)c1ccc(N(C)c2nc(C(F)(F)F)co2)cc1. The van der Waals surface area contributed by atoms with Crippen LogP contribution in [0.2, 0.25) is 0 Å². The van der Waals surface area contributed by atoms with E-state index in [4.69, 9.17) is 10.2 Å². The summed E-state index contributed by atoms with van der Waals surface area (Å²) in [5, 5.41) is 0. The number of hydrogen-bond acceptors (Lipinski definition) is 4. The van der Waals surface area contributed by atoms with Gasteiger partial charge in [0.05, 0.1) is 5.92 Å². The summed E-state index contributed by atoms with van der Waals surface area (Å²) in [4.78, 5) is 15.9. The first-order chi connectivity index (χ1) is 10.2. The number of anilines is 2. The fraction of sp³-hybridized carbons (Fsp3) is 0.286. The molecule has 1 amide bonds. The summed E-state index contributed by atoms with van der Waals surface area (Å²) in [6.07, 6.45) is -3.99. The Bertz CT molecular complexity index is 665. The van der Waals surface area contributed by atoms with Gasteiger partial charge in [-0.3, -0.25) is 9.69 Å². The Balaban J connectivity index is 2.21. The molecule has 0 unspecified atom stereocenters. The molecule has 8 heteroatoms. The monoisotopic (exact) mass is 313 g/mol. The Labute approximate surface area is 124 Å². The fourth-order valence-corrected chi connectivity index (χ4v) is 1.81. The molecule has 1 atom stereocenters. The van der Waals surface area contributed by atoms with Crippen molar-refractivity contribution >= 4 is 17.6 Å². The van der Waals surface area contributed by atoms with E-state index < -0.39 is 23.7 Å². The highest BCUT2D eigenvalue weighted by Crippen LogP contribution is 2.32. The number of nitrogens with two attached hydrogens (primary N) is 1. The maximum Gasteiger partial charge on any atom is 0.436 e. The minimum atomic E-state index is -4.55. The van der Waals surface area contributed by atoms with E-state index in [0.29, 0.717) is 17.5 Å². The van der Waals surface area contributed by atoms with Gasteiger partial charge in [-0.15, -0.1) is 0 Å². The molecule has 1 aromatic heterocycles. The molecule has 0 aliphatic carbocycles. The van der Waals surface area contributed by atoms with E-state index in [-0.39, 0.29) is 6.01 Å². The minimum absolute atomic E-state index is 0.178. The normalized spacial score (nSPS) is 13.0. The zero-order valence-electron chi connectivity index (χ0n) is 11.9. The zero-order valence-corrected chi connectivity index (χ0v) is 11.9. The topological polar surface area (TPSA) is 72.4 Å². The molecular formula is C14H14F3N3O2. The molecule has 5 nitrogen and oxygen atoms in total. The Morgan fingerprint density at radius 2 is 1.91 bits per heavy atom. The lowest BCUT2D eigenvalue weighted by atomic mass is 10.0. The molecule has 2 N–H and O–H groups in total. The Morgan fingerprint density at radius 1 is 1.32 bits per heavy atom. The van der Waals surface area contributed by atoms with Gasteiger partial charge in [0.15, 0.2) is 5.69 Å². The van der Waals surface area contributed by atoms with E-state index >= 15 is 0 Å². The minimum Gasteiger partial charge on any atom is -0.431 e. The summed E-state index contributed by atoms with van der Waals surface area (Å²) >= 11 is 0. The third-order valence-electron chi connectivity index (χ3n) is 3.28. The van der Waals surface area contributed by atoms with E-state index in [9.17, 15) is 18.0 Å². The van der Waals surface area contributed by atoms with Gasteiger partial charge in [-0.05, 0) is 24.6 Å². The molecule has 0 saturated heterocycles. The molecule has 2 aromatic rings. The molecule has 0 saturated carbocycles. The average molecular weight is 313 g/mol. The average Bonchev–Trinajstić information content (AvgIpc) is 2.95. The number of primary amides is 1. The van der Waals surface area contributed by atoms with E-state index in [1.54, 1.807) is 31.2 Å². The van der Waals surface area contributed by atoms with Crippen molar-refractivity contribution in [2.24, 2.45) is 5.73 Å². The molecule has 22 heavy (non-hydrogen) atoms. The van der Waals surface area contributed by atoms with E-state index in [1.807, 2.05) is 0 Å². The number of rotatable bonds is 4. The Morgan fingerprint density at radius 3 is 2.36 bits per heavy atom. The molecule has 0 aliphatic heterocycles. The first kappa shape index (κ1) is 15.9. The summed E-state index contributed by atoms with van der Waals surface area (Å²) in [5.41, 5.74) is 5.41. The number of nitrogens with zero attached hydrogens (tertiary/aromatic N) is 2. The number of oxazole rings is 1. The van der Waals surface area contributed by atoms with Crippen LogP contribution < -0.4 is 10.6 Å². The maximum atomic E-state index is 12.5. The van der Waals surface area contributed by atoms with Gasteiger partial charge in [0.25, 0.3) is 0 Å². The number of carbonyl (C=O) groups excluding carboxylic acids is 1. The van der Waals surface area contributed by atoms with Crippen molar-refractivity contribution < 1.29 is 22.4 Å². The van der Waals surface area contributed by atoms with Crippen LogP contribution in [0.4, 0.5) is 24.9 Å². The van der Waals surface area contributed by atoms with Crippen molar-refractivity contribution in [3.63, 3.8) is 0 Å². The van der Waals surface area contributed by atoms with Gasteiger partial charge in [-0.2, -0.15) is 18.2 Å². The van der Waals surface area contributed by atoms with E-state index in [1.165, 1.54) is 11.9 Å². The van der Waals surface area contributed by atoms with Crippen LogP contribution >= 0.6 is 0 Å². The highest BCUT2D eigenvalue weighted by Gasteiger charge is 2.35. The molecule has 0 spiro atoms.